The van der Waals surface area contributed by atoms with Crippen LogP contribution in [0.15, 0.2) is 12.1 Å². The Balaban J connectivity index is 2.43. The molecule has 28 heavy (non-hydrogen) atoms. The van der Waals surface area contributed by atoms with E-state index in [9.17, 15) is 9.59 Å². The molecule has 0 aromatic heterocycles. The molecule has 2 rings (SSSR count). The summed E-state index contributed by atoms with van der Waals surface area (Å²) in [6.07, 6.45) is 0.863. The van der Waals surface area contributed by atoms with Crippen molar-refractivity contribution in [1.29, 1.82) is 0 Å². The number of hydrogen-bond donors (Lipinski definition) is 1. The van der Waals surface area contributed by atoms with Gasteiger partial charge in [-0.25, -0.2) is 0 Å². The van der Waals surface area contributed by atoms with Crippen LogP contribution in [0.3, 0.4) is 0 Å². The van der Waals surface area contributed by atoms with Crippen LogP contribution >= 0.6 is 0 Å². The molecule has 1 heterocycles. The minimum atomic E-state index is -0.322. The zero-order valence-corrected chi connectivity index (χ0v) is 17.7. The van der Waals surface area contributed by atoms with Gasteiger partial charge in [0.2, 0.25) is 17.6 Å². The van der Waals surface area contributed by atoms with Gasteiger partial charge in [0.15, 0.2) is 11.5 Å². The van der Waals surface area contributed by atoms with Crippen molar-refractivity contribution in [3.8, 4) is 17.2 Å². The molecule has 7 nitrogen and oxygen atoms in total. The van der Waals surface area contributed by atoms with Crippen molar-refractivity contribution in [2.45, 2.75) is 33.1 Å². The highest BCUT2D eigenvalue weighted by Gasteiger charge is 2.41. The molecule has 1 aliphatic heterocycles. The number of nitrogens with zero attached hydrogens (tertiary/aromatic N) is 1. The molecule has 1 aliphatic rings. The van der Waals surface area contributed by atoms with Crippen molar-refractivity contribution in [3.05, 3.63) is 17.7 Å². The van der Waals surface area contributed by atoms with E-state index in [0.717, 1.165) is 12.0 Å². The Morgan fingerprint density at radius 2 is 1.71 bits per heavy atom. The van der Waals surface area contributed by atoms with Crippen molar-refractivity contribution in [2.75, 3.05) is 41.0 Å². The molecule has 1 N–H and O–H groups in total. The van der Waals surface area contributed by atoms with E-state index in [0.29, 0.717) is 36.9 Å². The zero-order chi connectivity index (χ0) is 20.8. The number of likely N-dealkylation sites (tertiary alicyclic amines) is 1. The number of nitrogens with one attached hydrogen (secondary N) is 1. The second-order valence-electron chi connectivity index (χ2n) is 7.36. The van der Waals surface area contributed by atoms with Crippen LogP contribution in [-0.4, -0.2) is 57.7 Å². The summed E-state index contributed by atoms with van der Waals surface area (Å²) >= 11 is 0. The number of ether oxygens (including phenoxy) is 3. The van der Waals surface area contributed by atoms with Crippen LogP contribution in [0.2, 0.25) is 0 Å². The molecule has 156 valence electrons. The average molecular weight is 392 g/mol. The molecular formula is C21H32N2O5. The van der Waals surface area contributed by atoms with E-state index in [1.165, 1.54) is 0 Å². The second-order valence-corrected chi connectivity index (χ2v) is 7.36. The molecule has 0 radical (unpaired) electrons. The summed E-state index contributed by atoms with van der Waals surface area (Å²) in [7, 11) is 4.69. The Labute approximate surface area is 167 Å². The summed E-state index contributed by atoms with van der Waals surface area (Å²) in [5.74, 6) is 1.04. The van der Waals surface area contributed by atoms with Crippen LogP contribution in [0.25, 0.3) is 0 Å². The summed E-state index contributed by atoms with van der Waals surface area (Å²) in [5.41, 5.74) is 0.894. The summed E-state index contributed by atoms with van der Waals surface area (Å²) in [4.78, 5) is 27.2. The van der Waals surface area contributed by atoms with Gasteiger partial charge < -0.3 is 24.4 Å². The fourth-order valence-electron chi connectivity index (χ4n) is 3.65. The predicted octanol–water partition coefficient (Wildman–Crippen LogP) is 2.44. The fourth-order valence-corrected chi connectivity index (χ4v) is 3.65. The molecule has 2 atom stereocenters. The topological polar surface area (TPSA) is 77.1 Å². The maximum absolute atomic E-state index is 12.8. The smallest absolute Gasteiger partial charge is 0.225 e. The van der Waals surface area contributed by atoms with Gasteiger partial charge in [-0.1, -0.05) is 20.8 Å². The zero-order valence-electron chi connectivity index (χ0n) is 17.7. The first kappa shape index (κ1) is 21.9. The fraction of sp³-hybridized carbons (Fsp3) is 0.619. The van der Waals surface area contributed by atoms with E-state index in [4.69, 9.17) is 14.2 Å². The van der Waals surface area contributed by atoms with Gasteiger partial charge in [-0.2, -0.15) is 0 Å². The number of methoxy groups -OCH3 is 3. The third kappa shape index (κ3) is 4.51. The minimum Gasteiger partial charge on any atom is -0.493 e. The van der Waals surface area contributed by atoms with Crippen molar-refractivity contribution in [2.24, 2.45) is 11.8 Å². The van der Waals surface area contributed by atoms with Gasteiger partial charge in [-0.05, 0) is 24.1 Å². The molecule has 0 bridgehead atoms. The van der Waals surface area contributed by atoms with Crippen LogP contribution in [0.5, 0.6) is 17.2 Å². The van der Waals surface area contributed by atoms with Crippen molar-refractivity contribution >= 4 is 11.8 Å². The molecule has 1 aromatic rings. The van der Waals surface area contributed by atoms with Crippen LogP contribution in [0.4, 0.5) is 0 Å². The maximum atomic E-state index is 12.8. The molecule has 0 unspecified atom stereocenters. The van der Waals surface area contributed by atoms with Gasteiger partial charge in [0.25, 0.3) is 0 Å². The Kier molecular flexibility index (Phi) is 7.54. The summed E-state index contributed by atoms with van der Waals surface area (Å²) in [6.45, 7) is 7.28. The number of rotatable bonds is 8. The summed E-state index contributed by atoms with van der Waals surface area (Å²) in [5, 5.41) is 2.98. The predicted molar refractivity (Wildman–Crippen MR) is 107 cm³/mol. The molecule has 0 saturated carbocycles. The molecular weight excluding hydrogens is 360 g/mol. The van der Waals surface area contributed by atoms with Crippen LogP contribution in [-0.2, 0) is 9.59 Å². The first-order chi connectivity index (χ1) is 13.4. The number of carbonyl (C=O) groups is 2. The lowest BCUT2D eigenvalue weighted by Gasteiger charge is -2.21. The SMILES string of the molecule is CCCNC(=O)[C@H]1CN(C(=O)C(C)C)C[C@H]1c1cc(OC)c(OC)c(OC)c1. The molecule has 1 saturated heterocycles. The van der Waals surface area contributed by atoms with E-state index in [-0.39, 0.29) is 29.6 Å². The van der Waals surface area contributed by atoms with Crippen LogP contribution in [0, 0.1) is 11.8 Å². The minimum absolute atomic E-state index is 0.0281. The Bertz CT molecular complexity index is 679. The third-order valence-electron chi connectivity index (χ3n) is 5.13. The van der Waals surface area contributed by atoms with Gasteiger partial charge in [-0.15, -0.1) is 0 Å². The number of hydrogen-bond acceptors (Lipinski definition) is 5. The van der Waals surface area contributed by atoms with E-state index in [1.807, 2.05) is 32.9 Å². The van der Waals surface area contributed by atoms with Gasteiger partial charge in [0.05, 0.1) is 27.2 Å². The lowest BCUT2D eigenvalue weighted by atomic mass is 9.88. The normalized spacial score (nSPS) is 18.9. The standard InChI is InChI=1S/C21H32N2O5/c1-7-8-22-20(24)16-12-23(21(25)13(2)3)11-15(16)14-9-17(26-4)19(28-6)18(10-14)27-5/h9-10,13,15-16H,7-8,11-12H2,1-6H3,(H,22,24)/t15-,16-/m0/s1. The van der Waals surface area contributed by atoms with E-state index >= 15 is 0 Å². The molecule has 7 heteroatoms. The second kappa shape index (κ2) is 9.66. The highest BCUT2D eigenvalue weighted by molar-refractivity contribution is 5.84. The Hall–Kier alpha value is -2.44. The molecule has 2 amide bonds. The number of amides is 2. The van der Waals surface area contributed by atoms with Crippen LogP contribution < -0.4 is 19.5 Å². The van der Waals surface area contributed by atoms with E-state index in [2.05, 4.69) is 5.32 Å². The lowest BCUT2D eigenvalue weighted by molar-refractivity contribution is -0.133. The Morgan fingerprint density at radius 1 is 1.11 bits per heavy atom. The van der Waals surface area contributed by atoms with Crippen molar-refractivity contribution < 1.29 is 23.8 Å². The largest absolute Gasteiger partial charge is 0.493 e. The monoisotopic (exact) mass is 392 g/mol. The van der Waals surface area contributed by atoms with Gasteiger partial charge in [0, 0.05) is 31.5 Å². The highest BCUT2D eigenvalue weighted by Crippen LogP contribution is 2.43. The Morgan fingerprint density at radius 3 is 2.18 bits per heavy atom. The molecule has 0 spiro atoms. The number of carbonyl (C=O) groups excluding carboxylic acids is 2. The van der Waals surface area contributed by atoms with Crippen molar-refractivity contribution in [1.82, 2.24) is 10.2 Å². The first-order valence-electron chi connectivity index (χ1n) is 9.74. The van der Waals surface area contributed by atoms with E-state index < -0.39 is 0 Å². The van der Waals surface area contributed by atoms with Crippen molar-refractivity contribution in [3.63, 3.8) is 0 Å². The first-order valence-corrected chi connectivity index (χ1v) is 9.74. The van der Waals surface area contributed by atoms with E-state index in [1.54, 1.807) is 26.2 Å². The quantitative estimate of drug-likeness (QED) is 0.735. The molecule has 1 aromatic carbocycles. The summed E-state index contributed by atoms with van der Waals surface area (Å²) < 4.78 is 16.3. The lowest BCUT2D eigenvalue weighted by Crippen LogP contribution is -2.36. The highest BCUT2D eigenvalue weighted by atomic mass is 16.5. The number of benzene rings is 1. The average Bonchev–Trinajstić information content (AvgIpc) is 3.15. The van der Waals surface area contributed by atoms with Crippen LogP contribution in [0.1, 0.15) is 38.7 Å². The van der Waals surface area contributed by atoms with Gasteiger partial charge in [0.1, 0.15) is 0 Å². The maximum Gasteiger partial charge on any atom is 0.225 e. The molecule has 0 aliphatic carbocycles. The van der Waals surface area contributed by atoms with Gasteiger partial charge >= 0.3 is 0 Å². The third-order valence-corrected chi connectivity index (χ3v) is 5.13. The van der Waals surface area contributed by atoms with Gasteiger partial charge in [-0.3, -0.25) is 9.59 Å². The molecule has 1 fully saturated rings. The summed E-state index contributed by atoms with van der Waals surface area (Å²) in [6, 6.07) is 3.74.